The van der Waals surface area contributed by atoms with E-state index in [1.165, 1.54) is 6.21 Å². The highest BCUT2D eigenvalue weighted by molar-refractivity contribution is 6.09. The largest absolute Gasteiger partial charge is 0.489 e. The molecular weight excluding hydrogens is 344 g/mol. The molecule has 0 saturated heterocycles. The quantitative estimate of drug-likeness (QED) is 0.583. The molecule has 2 amide bonds. The summed E-state index contributed by atoms with van der Waals surface area (Å²) in [6, 6.07) is 17.3. The van der Waals surface area contributed by atoms with Crippen molar-refractivity contribution in [3.63, 3.8) is 0 Å². The van der Waals surface area contributed by atoms with Gasteiger partial charge in [0.2, 0.25) is 11.8 Å². The molecule has 0 bridgehead atoms. The number of hydrogen-bond acceptors (Lipinski definition) is 5. The van der Waals surface area contributed by atoms with Crippen LogP contribution in [0.1, 0.15) is 24.5 Å². The van der Waals surface area contributed by atoms with Crippen LogP contribution in [0, 0.1) is 5.92 Å². The third-order valence-corrected chi connectivity index (χ3v) is 4.06. The summed E-state index contributed by atoms with van der Waals surface area (Å²) in [7, 11) is 0. The molecule has 1 atom stereocenters. The molecule has 27 heavy (non-hydrogen) atoms. The third kappa shape index (κ3) is 5.24. The summed E-state index contributed by atoms with van der Waals surface area (Å²) in [4.78, 5) is 23.5. The first kappa shape index (κ1) is 18.3. The second-order valence-electron chi connectivity index (χ2n) is 6.13. The SMILES string of the molecule is CC1=NNC(=O)[C@H]1CC(=O)N/N=C\c1cccc(OCc2ccccc2)c1. The lowest BCUT2D eigenvalue weighted by Gasteiger charge is -2.07. The molecule has 0 aliphatic carbocycles. The van der Waals surface area contributed by atoms with Crippen molar-refractivity contribution in [2.24, 2.45) is 16.1 Å². The van der Waals surface area contributed by atoms with Gasteiger partial charge in [0.25, 0.3) is 0 Å². The molecule has 0 aromatic heterocycles. The Hall–Kier alpha value is -3.48. The minimum atomic E-state index is -0.532. The number of benzene rings is 2. The van der Waals surface area contributed by atoms with Gasteiger partial charge in [-0.1, -0.05) is 42.5 Å². The Kier molecular flexibility index (Phi) is 5.94. The van der Waals surface area contributed by atoms with E-state index in [0.29, 0.717) is 18.1 Å². The molecule has 2 aromatic carbocycles. The summed E-state index contributed by atoms with van der Waals surface area (Å²) in [5.41, 5.74) is 7.26. The zero-order chi connectivity index (χ0) is 19.1. The Morgan fingerprint density at radius 1 is 1.26 bits per heavy atom. The van der Waals surface area contributed by atoms with Crippen LogP contribution in [0.25, 0.3) is 0 Å². The van der Waals surface area contributed by atoms with Gasteiger partial charge in [-0.25, -0.2) is 10.9 Å². The average molecular weight is 364 g/mol. The van der Waals surface area contributed by atoms with Crippen LogP contribution < -0.4 is 15.6 Å². The standard InChI is InChI=1S/C20H20N4O3/c1-14-18(20(26)24-22-14)11-19(25)23-21-12-16-8-5-9-17(10-16)27-13-15-6-3-2-4-7-15/h2-10,12,18H,11,13H2,1H3,(H,23,25)(H,24,26)/b21-12-/t18-/m0/s1. The van der Waals surface area contributed by atoms with E-state index in [1.54, 1.807) is 6.92 Å². The molecule has 2 aromatic rings. The Morgan fingerprint density at radius 2 is 2.07 bits per heavy atom. The van der Waals surface area contributed by atoms with Crippen molar-refractivity contribution < 1.29 is 14.3 Å². The summed E-state index contributed by atoms with van der Waals surface area (Å²) >= 11 is 0. The highest BCUT2D eigenvalue weighted by Crippen LogP contribution is 2.14. The maximum Gasteiger partial charge on any atom is 0.249 e. The molecule has 7 nitrogen and oxygen atoms in total. The second-order valence-corrected chi connectivity index (χ2v) is 6.13. The fraction of sp³-hybridized carbons (Fsp3) is 0.200. The fourth-order valence-corrected chi connectivity index (χ4v) is 2.56. The van der Waals surface area contributed by atoms with Crippen molar-refractivity contribution in [1.82, 2.24) is 10.9 Å². The summed E-state index contributed by atoms with van der Waals surface area (Å²) < 4.78 is 5.77. The minimum absolute atomic E-state index is 0.0126. The zero-order valence-corrected chi connectivity index (χ0v) is 14.9. The number of ether oxygens (including phenoxy) is 1. The van der Waals surface area contributed by atoms with Crippen molar-refractivity contribution in [1.29, 1.82) is 0 Å². The highest BCUT2D eigenvalue weighted by Gasteiger charge is 2.28. The van der Waals surface area contributed by atoms with Crippen LogP contribution in [0.3, 0.4) is 0 Å². The van der Waals surface area contributed by atoms with Gasteiger partial charge in [-0.15, -0.1) is 0 Å². The summed E-state index contributed by atoms with van der Waals surface area (Å²) in [6.45, 7) is 2.18. The van der Waals surface area contributed by atoms with Gasteiger partial charge < -0.3 is 4.74 Å². The second kappa shape index (κ2) is 8.75. The first-order chi connectivity index (χ1) is 13.1. The van der Waals surface area contributed by atoms with Crippen molar-refractivity contribution in [2.75, 3.05) is 0 Å². The van der Waals surface area contributed by atoms with E-state index in [-0.39, 0.29) is 18.2 Å². The van der Waals surface area contributed by atoms with Gasteiger partial charge in [0.1, 0.15) is 12.4 Å². The first-order valence-corrected chi connectivity index (χ1v) is 8.54. The molecule has 0 radical (unpaired) electrons. The van der Waals surface area contributed by atoms with Crippen molar-refractivity contribution in [3.05, 3.63) is 65.7 Å². The van der Waals surface area contributed by atoms with E-state index >= 15 is 0 Å². The van der Waals surface area contributed by atoms with E-state index in [0.717, 1.165) is 11.1 Å². The lowest BCUT2D eigenvalue weighted by Crippen LogP contribution is -2.29. The molecular formula is C20H20N4O3. The fourth-order valence-electron chi connectivity index (χ4n) is 2.56. The molecule has 0 unspecified atom stereocenters. The van der Waals surface area contributed by atoms with Crippen LogP contribution in [0.2, 0.25) is 0 Å². The average Bonchev–Trinajstić information content (AvgIpc) is 2.99. The highest BCUT2D eigenvalue weighted by atomic mass is 16.5. The molecule has 7 heteroatoms. The Labute approximate surface area is 157 Å². The monoisotopic (exact) mass is 364 g/mol. The molecule has 0 spiro atoms. The maximum atomic E-state index is 11.9. The predicted molar refractivity (Wildman–Crippen MR) is 102 cm³/mol. The predicted octanol–water partition coefficient (Wildman–Crippen LogP) is 2.23. The van der Waals surface area contributed by atoms with E-state index < -0.39 is 5.92 Å². The van der Waals surface area contributed by atoms with Crippen LogP contribution in [-0.2, 0) is 16.2 Å². The number of carbonyl (C=O) groups excluding carboxylic acids is 2. The number of rotatable bonds is 7. The molecule has 3 rings (SSSR count). The number of nitrogens with zero attached hydrogens (tertiary/aromatic N) is 2. The van der Waals surface area contributed by atoms with Gasteiger partial charge >= 0.3 is 0 Å². The number of nitrogens with one attached hydrogen (secondary N) is 2. The van der Waals surface area contributed by atoms with Gasteiger partial charge in [-0.2, -0.15) is 10.2 Å². The van der Waals surface area contributed by atoms with Gasteiger partial charge in [-0.3, -0.25) is 9.59 Å². The summed E-state index contributed by atoms with van der Waals surface area (Å²) in [5, 5.41) is 7.75. The van der Waals surface area contributed by atoms with Crippen LogP contribution >= 0.6 is 0 Å². The van der Waals surface area contributed by atoms with Crippen molar-refractivity contribution in [2.45, 2.75) is 20.0 Å². The molecule has 138 valence electrons. The van der Waals surface area contributed by atoms with Crippen molar-refractivity contribution in [3.8, 4) is 5.75 Å². The summed E-state index contributed by atoms with van der Waals surface area (Å²) in [5.74, 6) is -0.437. The van der Waals surface area contributed by atoms with Crippen LogP contribution in [0.5, 0.6) is 5.75 Å². The van der Waals surface area contributed by atoms with E-state index in [4.69, 9.17) is 4.74 Å². The van der Waals surface area contributed by atoms with Crippen molar-refractivity contribution >= 4 is 23.7 Å². The Bertz CT molecular complexity index is 878. The van der Waals surface area contributed by atoms with Crippen LogP contribution in [-0.4, -0.2) is 23.7 Å². The van der Waals surface area contributed by atoms with Gasteiger partial charge in [0.05, 0.1) is 12.1 Å². The molecule has 2 N–H and O–H groups in total. The van der Waals surface area contributed by atoms with E-state index in [9.17, 15) is 9.59 Å². The third-order valence-electron chi connectivity index (χ3n) is 4.06. The van der Waals surface area contributed by atoms with E-state index in [2.05, 4.69) is 21.1 Å². The zero-order valence-electron chi connectivity index (χ0n) is 14.9. The molecule has 1 heterocycles. The van der Waals surface area contributed by atoms with Crippen LogP contribution in [0.15, 0.2) is 64.8 Å². The van der Waals surface area contributed by atoms with E-state index in [1.807, 2.05) is 54.6 Å². The Balaban J connectivity index is 1.50. The first-order valence-electron chi connectivity index (χ1n) is 8.54. The molecule has 1 aliphatic heterocycles. The Morgan fingerprint density at radius 3 is 2.81 bits per heavy atom. The summed E-state index contributed by atoms with van der Waals surface area (Å²) in [6.07, 6.45) is 1.54. The smallest absolute Gasteiger partial charge is 0.249 e. The normalized spacial score (nSPS) is 16.1. The minimum Gasteiger partial charge on any atom is -0.489 e. The molecule has 1 aliphatic rings. The number of hydrogen-bond donors (Lipinski definition) is 2. The van der Waals surface area contributed by atoms with Gasteiger partial charge in [0.15, 0.2) is 0 Å². The number of amides is 2. The van der Waals surface area contributed by atoms with Crippen LogP contribution in [0.4, 0.5) is 0 Å². The lowest BCUT2D eigenvalue weighted by atomic mass is 10.0. The molecule has 0 fully saturated rings. The number of carbonyl (C=O) groups is 2. The lowest BCUT2D eigenvalue weighted by molar-refractivity contribution is -0.127. The number of hydrazone groups is 2. The maximum absolute atomic E-state index is 11.9. The molecule has 0 saturated carbocycles. The van der Waals surface area contributed by atoms with Gasteiger partial charge in [-0.05, 0) is 30.2 Å². The topological polar surface area (TPSA) is 92.2 Å². The van der Waals surface area contributed by atoms with Gasteiger partial charge in [0, 0.05) is 12.1 Å².